The molecule has 7 nitrogen and oxygen atoms in total. The minimum absolute atomic E-state index is 0.372. The molecule has 0 saturated carbocycles. The van der Waals surface area contributed by atoms with E-state index in [1.54, 1.807) is 36.4 Å². The third-order valence-corrected chi connectivity index (χ3v) is 9.88. The van der Waals surface area contributed by atoms with Crippen molar-refractivity contribution in [1.29, 1.82) is 21.0 Å². The van der Waals surface area contributed by atoms with Crippen molar-refractivity contribution in [2.24, 2.45) is 0 Å². The topological polar surface area (TPSA) is 134 Å². The lowest BCUT2D eigenvalue weighted by atomic mass is 9.90. The summed E-state index contributed by atoms with van der Waals surface area (Å²) in [5.41, 5.74) is 11.4. The van der Waals surface area contributed by atoms with Gasteiger partial charge in [-0.15, -0.1) is 0 Å². The first-order chi connectivity index (χ1) is 27.5. The summed E-state index contributed by atoms with van der Waals surface area (Å²) in [5, 5.41) is 41.8. The van der Waals surface area contributed by atoms with Crippen LogP contribution in [0.15, 0.2) is 152 Å². The van der Waals surface area contributed by atoms with Crippen LogP contribution in [0.25, 0.3) is 88.7 Å². The van der Waals surface area contributed by atoms with Crippen LogP contribution in [0.5, 0.6) is 0 Å². The Labute approximate surface area is 321 Å². The predicted octanol–water partition coefficient (Wildman–Crippen LogP) is 11.2. The molecule has 9 aromatic rings. The average Bonchev–Trinajstić information content (AvgIpc) is 3.28. The number of hydrogen-bond acceptors (Lipinski definition) is 7. The molecule has 2 aromatic heterocycles. The number of aromatic nitrogens is 3. The number of para-hydroxylation sites is 1. The van der Waals surface area contributed by atoms with Crippen LogP contribution in [0, 0.1) is 45.3 Å². The van der Waals surface area contributed by atoms with E-state index in [-0.39, 0.29) is 0 Å². The van der Waals surface area contributed by atoms with E-state index in [2.05, 4.69) is 24.3 Å². The predicted molar refractivity (Wildman–Crippen MR) is 218 cm³/mol. The smallest absolute Gasteiger partial charge is 0.0995 e. The van der Waals surface area contributed by atoms with Gasteiger partial charge in [0.25, 0.3) is 0 Å². The highest BCUT2D eigenvalue weighted by atomic mass is 14.8. The van der Waals surface area contributed by atoms with Crippen LogP contribution in [-0.2, 0) is 0 Å². The Hall–Kier alpha value is -8.49. The summed E-state index contributed by atoms with van der Waals surface area (Å²) in [6.45, 7) is 0. The van der Waals surface area contributed by atoms with Gasteiger partial charge in [0.15, 0.2) is 0 Å². The van der Waals surface area contributed by atoms with Gasteiger partial charge in [0.1, 0.15) is 0 Å². The third-order valence-electron chi connectivity index (χ3n) is 9.88. The van der Waals surface area contributed by atoms with E-state index in [0.29, 0.717) is 50.2 Å². The van der Waals surface area contributed by atoms with E-state index in [1.165, 1.54) is 0 Å². The van der Waals surface area contributed by atoms with Crippen LogP contribution >= 0.6 is 0 Å². The molecule has 0 aliphatic carbocycles. The summed E-state index contributed by atoms with van der Waals surface area (Å²) in [5.74, 6) is 0. The highest BCUT2D eigenvalue weighted by molar-refractivity contribution is 6.25. The fourth-order valence-corrected chi connectivity index (χ4v) is 7.35. The number of benzene rings is 7. The van der Waals surface area contributed by atoms with E-state index in [9.17, 15) is 21.0 Å². The molecule has 0 aliphatic heterocycles. The van der Waals surface area contributed by atoms with E-state index in [0.717, 1.165) is 60.8 Å². The summed E-state index contributed by atoms with van der Waals surface area (Å²) in [7, 11) is 0. The molecule has 56 heavy (non-hydrogen) atoms. The number of rotatable bonds is 5. The van der Waals surface area contributed by atoms with Crippen molar-refractivity contribution >= 4 is 32.7 Å². The highest BCUT2D eigenvalue weighted by Gasteiger charge is 2.23. The molecule has 0 spiro atoms. The number of fused-ring (bicyclic) bond motifs is 5. The first-order valence-corrected chi connectivity index (χ1v) is 17.7. The van der Waals surface area contributed by atoms with Gasteiger partial charge < -0.3 is 0 Å². The molecule has 256 valence electrons. The molecule has 2 heterocycles. The third kappa shape index (κ3) is 5.82. The monoisotopic (exact) mass is 711 g/mol. The second-order valence-corrected chi connectivity index (χ2v) is 13.3. The summed E-state index contributed by atoms with van der Waals surface area (Å²) in [4.78, 5) is 16.2. The van der Waals surface area contributed by atoms with E-state index in [4.69, 9.17) is 15.0 Å². The van der Waals surface area contributed by atoms with Crippen molar-refractivity contribution in [2.75, 3.05) is 0 Å². The molecule has 9 rings (SSSR count). The van der Waals surface area contributed by atoms with Crippen molar-refractivity contribution < 1.29 is 0 Å². The molecule has 0 amide bonds. The quantitative estimate of drug-likeness (QED) is 0.162. The minimum atomic E-state index is 0.372. The van der Waals surface area contributed by atoms with Crippen molar-refractivity contribution in [3.63, 3.8) is 0 Å². The van der Waals surface area contributed by atoms with Crippen LogP contribution in [0.4, 0.5) is 0 Å². The maximum atomic E-state index is 10.0. The van der Waals surface area contributed by atoms with Crippen LogP contribution in [0.2, 0.25) is 0 Å². The zero-order valence-corrected chi connectivity index (χ0v) is 29.6. The molecular formula is C49H25N7. The fraction of sp³-hybridized carbons (Fsp3) is 0. The molecule has 0 radical (unpaired) electrons. The summed E-state index contributed by atoms with van der Waals surface area (Å²) < 4.78 is 0. The number of nitrogens with zero attached hydrogens (tertiary/aromatic N) is 7. The van der Waals surface area contributed by atoms with Crippen molar-refractivity contribution in [3.8, 4) is 80.3 Å². The molecule has 0 unspecified atom stereocenters. The van der Waals surface area contributed by atoms with Crippen LogP contribution in [0.1, 0.15) is 22.3 Å². The fourth-order valence-electron chi connectivity index (χ4n) is 7.35. The Morgan fingerprint density at radius 1 is 0.339 bits per heavy atom. The Morgan fingerprint density at radius 3 is 1.38 bits per heavy atom. The Bertz CT molecular complexity index is 3150. The van der Waals surface area contributed by atoms with Crippen LogP contribution < -0.4 is 0 Å². The summed E-state index contributed by atoms with van der Waals surface area (Å²) >= 11 is 0. The van der Waals surface area contributed by atoms with Gasteiger partial charge in [0, 0.05) is 32.8 Å². The zero-order chi connectivity index (χ0) is 38.2. The van der Waals surface area contributed by atoms with Crippen LogP contribution in [0.3, 0.4) is 0 Å². The van der Waals surface area contributed by atoms with Gasteiger partial charge in [-0.3, -0.25) is 0 Å². The van der Waals surface area contributed by atoms with Gasteiger partial charge in [-0.2, -0.15) is 21.0 Å². The lowest BCUT2D eigenvalue weighted by Crippen LogP contribution is -2.00. The molecule has 0 aliphatic rings. The van der Waals surface area contributed by atoms with Crippen molar-refractivity contribution in [1.82, 2.24) is 15.0 Å². The molecule has 0 bridgehead atoms. The van der Waals surface area contributed by atoms with Crippen molar-refractivity contribution in [2.45, 2.75) is 0 Å². The maximum absolute atomic E-state index is 10.0. The highest BCUT2D eigenvalue weighted by Crippen LogP contribution is 2.44. The van der Waals surface area contributed by atoms with Gasteiger partial charge in [0.05, 0.1) is 80.2 Å². The Balaban J connectivity index is 1.42. The van der Waals surface area contributed by atoms with Crippen LogP contribution in [-0.4, -0.2) is 15.0 Å². The second-order valence-electron chi connectivity index (χ2n) is 13.3. The molecule has 0 atom stereocenters. The number of hydrogen-bond donors (Lipinski definition) is 0. The maximum Gasteiger partial charge on any atom is 0.0995 e. The lowest BCUT2D eigenvalue weighted by molar-refractivity contribution is 1.30. The summed E-state index contributed by atoms with van der Waals surface area (Å²) in [6, 6.07) is 56.9. The Kier molecular flexibility index (Phi) is 8.23. The minimum Gasteiger partial charge on any atom is -0.247 e. The molecule has 7 aromatic carbocycles. The molecule has 7 heteroatoms. The molecule has 0 fully saturated rings. The van der Waals surface area contributed by atoms with E-state index < -0.39 is 0 Å². The SMILES string of the molecule is N#Cc1cc(C#N)cc(-c2ccc(-c3nc4ccccc4c4c(-c5cc(C#N)cc(C#N)c5)cc5nc(-c6ccccc6)c(-c6ccccc6)nc5c34)cc2)c1. The van der Waals surface area contributed by atoms with Gasteiger partial charge >= 0.3 is 0 Å². The first-order valence-electron chi connectivity index (χ1n) is 17.7. The average molecular weight is 712 g/mol. The second kappa shape index (κ2) is 13.8. The van der Waals surface area contributed by atoms with Gasteiger partial charge in [-0.05, 0) is 70.8 Å². The number of pyridine rings is 1. The molecule has 0 saturated heterocycles. The van der Waals surface area contributed by atoms with E-state index in [1.807, 2.05) is 115 Å². The van der Waals surface area contributed by atoms with Crippen molar-refractivity contribution in [3.05, 3.63) is 174 Å². The van der Waals surface area contributed by atoms with Gasteiger partial charge in [0.2, 0.25) is 0 Å². The van der Waals surface area contributed by atoms with Gasteiger partial charge in [-0.1, -0.05) is 103 Å². The normalized spacial score (nSPS) is 10.8. The standard InChI is InChI=1S/C49H25N7/c50-26-30-19-31(27-51)22-38(21-30)34-15-17-37(18-16-34)46-45-44(40-13-7-8-14-42(40)54-46)41(39-23-32(28-52)20-33(24-39)29-53)25-43-49(45)56-48(36-11-5-2-6-12-36)47(55-43)35-9-3-1-4-10-35/h1-25H. The largest absolute Gasteiger partial charge is 0.247 e. The first kappa shape index (κ1) is 33.4. The summed E-state index contributed by atoms with van der Waals surface area (Å²) in [6.07, 6.45) is 0. The zero-order valence-electron chi connectivity index (χ0n) is 29.6. The molecule has 0 N–H and O–H groups in total. The van der Waals surface area contributed by atoms with Gasteiger partial charge in [-0.25, -0.2) is 15.0 Å². The molecular weight excluding hydrogens is 687 g/mol. The number of nitriles is 4. The van der Waals surface area contributed by atoms with E-state index >= 15 is 0 Å². The lowest BCUT2D eigenvalue weighted by Gasteiger charge is -2.18. The Morgan fingerprint density at radius 2 is 0.804 bits per heavy atom.